The molecule has 0 atom stereocenters. The van der Waals surface area contributed by atoms with Crippen LogP contribution in [0, 0.1) is 0 Å². The summed E-state index contributed by atoms with van der Waals surface area (Å²) in [5.41, 5.74) is 0. The number of hydrogen-bond donors (Lipinski definition) is 2. The Morgan fingerprint density at radius 1 is 1.42 bits per heavy atom. The molecule has 0 unspecified atom stereocenters. The van der Waals surface area contributed by atoms with Gasteiger partial charge in [0, 0.05) is 6.04 Å². The van der Waals surface area contributed by atoms with Crippen LogP contribution in [-0.4, -0.2) is 30.7 Å². The van der Waals surface area contributed by atoms with Gasteiger partial charge in [0.05, 0.1) is 6.54 Å². The van der Waals surface area contributed by atoms with Crippen molar-refractivity contribution in [1.82, 2.24) is 10.6 Å². The van der Waals surface area contributed by atoms with E-state index in [1.165, 1.54) is 0 Å². The van der Waals surface area contributed by atoms with E-state index in [1.54, 1.807) is 0 Å². The summed E-state index contributed by atoms with van der Waals surface area (Å²) in [7, 11) is 0. The molecule has 0 saturated heterocycles. The van der Waals surface area contributed by atoms with Gasteiger partial charge in [0.15, 0.2) is 0 Å². The normalized spacial score (nSPS) is 15.0. The van der Waals surface area contributed by atoms with Gasteiger partial charge in [-0.1, -0.05) is 0 Å². The van der Waals surface area contributed by atoms with Gasteiger partial charge in [-0.15, -0.1) is 0 Å². The third-order valence-corrected chi connectivity index (χ3v) is 1.51. The van der Waals surface area contributed by atoms with Crippen molar-refractivity contribution in [2.45, 2.75) is 18.9 Å². The molecule has 0 bridgehead atoms. The molecule has 0 spiro atoms. The lowest BCUT2D eigenvalue weighted by Gasteiger charge is -2.00. The monoisotopic (exact) mass is 170 g/mol. The van der Waals surface area contributed by atoms with E-state index in [4.69, 9.17) is 0 Å². The number of nitrogens with one attached hydrogen (secondary N) is 2. The van der Waals surface area contributed by atoms with Gasteiger partial charge in [-0.2, -0.15) is 0 Å². The van der Waals surface area contributed by atoms with Gasteiger partial charge in [-0.3, -0.25) is 14.4 Å². The molecular weight excluding hydrogens is 160 g/mol. The fraction of sp³-hybridized carbons (Fsp3) is 0.571. The lowest BCUT2D eigenvalue weighted by Crippen LogP contribution is -2.37. The zero-order valence-electron chi connectivity index (χ0n) is 6.50. The minimum atomic E-state index is -0.605. The van der Waals surface area contributed by atoms with E-state index in [1.807, 2.05) is 0 Å². The summed E-state index contributed by atoms with van der Waals surface area (Å²) >= 11 is 0. The lowest BCUT2D eigenvalue weighted by molar-refractivity contribution is -0.137. The fourth-order valence-electron chi connectivity index (χ4n) is 0.708. The van der Waals surface area contributed by atoms with Crippen LogP contribution in [0.25, 0.3) is 0 Å². The first-order chi connectivity index (χ1) is 5.74. The molecule has 1 saturated carbocycles. The number of ketones is 1. The highest BCUT2D eigenvalue weighted by Gasteiger charge is 2.25. The van der Waals surface area contributed by atoms with E-state index < -0.39 is 11.7 Å². The molecule has 1 rings (SSSR count). The van der Waals surface area contributed by atoms with Crippen molar-refractivity contribution in [2.75, 3.05) is 6.54 Å². The second-order valence-corrected chi connectivity index (χ2v) is 2.67. The van der Waals surface area contributed by atoms with Gasteiger partial charge >= 0.3 is 0 Å². The van der Waals surface area contributed by atoms with Gasteiger partial charge in [-0.05, 0) is 12.8 Å². The van der Waals surface area contributed by atoms with E-state index >= 15 is 0 Å². The summed E-state index contributed by atoms with van der Waals surface area (Å²) in [6, 6.07) is 0.178. The highest BCUT2D eigenvalue weighted by molar-refractivity contribution is 6.37. The average Bonchev–Trinajstić information content (AvgIpc) is 2.83. The molecule has 0 aliphatic heterocycles. The summed E-state index contributed by atoms with van der Waals surface area (Å²) in [5, 5.41) is 4.65. The molecule has 12 heavy (non-hydrogen) atoms. The summed E-state index contributed by atoms with van der Waals surface area (Å²) in [6.07, 6.45) is 2.28. The van der Waals surface area contributed by atoms with Crippen LogP contribution in [0.5, 0.6) is 0 Å². The fourth-order valence-corrected chi connectivity index (χ4v) is 0.708. The maximum atomic E-state index is 10.9. The predicted octanol–water partition coefficient (Wildman–Crippen LogP) is -1.42. The lowest BCUT2D eigenvalue weighted by atomic mass is 10.3. The predicted molar refractivity (Wildman–Crippen MR) is 40.2 cm³/mol. The van der Waals surface area contributed by atoms with Crippen LogP contribution in [0.1, 0.15) is 12.8 Å². The van der Waals surface area contributed by atoms with Crippen LogP contribution in [-0.2, 0) is 14.4 Å². The second-order valence-electron chi connectivity index (χ2n) is 2.67. The van der Waals surface area contributed by atoms with Crippen LogP contribution >= 0.6 is 0 Å². The van der Waals surface area contributed by atoms with Crippen LogP contribution in [0.2, 0.25) is 0 Å². The standard InChI is InChI=1S/C7H10N2O3/c10-4-8-3-6(11)7(12)9-5-1-2-5/h4-5H,1-3H2,(H,8,10)(H,9,12). The molecule has 0 aromatic carbocycles. The van der Waals surface area contributed by atoms with Gasteiger partial charge in [0.1, 0.15) is 0 Å². The Kier molecular flexibility index (Phi) is 2.79. The molecule has 0 aromatic rings. The molecule has 1 aliphatic rings. The van der Waals surface area contributed by atoms with Crippen LogP contribution in [0.15, 0.2) is 0 Å². The smallest absolute Gasteiger partial charge is 0.289 e. The first-order valence-electron chi connectivity index (χ1n) is 3.74. The van der Waals surface area contributed by atoms with E-state index in [9.17, 15) is 14.4 Å². The first-order valence-corrected chi connectivity index (χ1v) is 3.74. The molecule has 2 N–H and O–H groups in total. The third-order valence-electron chi connectivity index (χ3n) is 1.51. The number of carbonyl (C=O) groups is 3. The zero-order chi connectivity index (χ0) is 8.97. The van der Waals surface area contributed by atoms with Crippen LogP contribution in [0.3, 0.4) is 0 Å². The van der Waals surface area contributed by atoms with Gasteiger partial charge in [0.25, 0.3) is 5.91 Å². The van der Waals surface area contributed by atoms with Crippen molar-refractivity contribution in [3.8, 4) is 0 Å². The minimum Gasteiger partial charge on any atom is -0.351 e. The van der Waals surface area contributed by atoms with Gasteiger partial charge in [0.2, 0.25) is 12.2 Å². The Morgan fingerprint density at radius 3 is 2.58 bits per heavy atom. The molecule has 0 heterocycles. The average molecular weight is 170 g/mol. The molecular formula is C7H10N2O3. The molecule has 0 radical (unpaired) electrons. The number of carbonyl (C=O) groups excluding carboxylic acids is 3. The Bertz CT molecular complexity index is 211. The van der Waals surface area contributed by atoms with E-state index in [2.05, 4.69) is 10.6 Å². The summed E-state index contributed by atoms with van der Waals surface area (Å²) < 4.78 is 0. The summed E-state index contributed by atoms with van der Waals surface area (Å²) in [6.45, 7) is -0.220. The zero-order valence-corrected chi connectivity index (χ0v) is 6.50. The molecule has 5 nitrogen and oxygen atoms in total. The Labute approximate surface area is 69.5 Å². The number of rotatable bonds is 5. The maximum absolute atomic E-state index is 10.9. The highest BCUT2D eigenvalue weighted by atomic mass is 16.2. The molecule has 1 aliphatic carbocycles. The maximum Gasteiger partial charge on any atom is 0.289 e. The van der Waals surface area contributed by atoms with Crippen LogP contribution in [0.4, 0.5) is 0 Å². The Hall–Kier alpha value is -1.39. The second kappa shape index (κ2) is 3.85. The molecule has 5 heteroatoms. The summed E-state index contributed by atoms with van der Waals surface area (Å²) in [4.78, 5) is 31.5. The minimum absolute atomic E-state index is 0.178. The van der Waals surface area contributed by atoms with Gasteiger partial charge in [-0.25, -0.2) is 0 Å². The largest absolute Gasteiger partial charge is 0.351 e. The van der Waals surface area contributed by atoms with E-state index in [0.717, 1.165) is 12.8 Å². The Balaban J connectivity index is 2.19. The van der Waals surface area contributed by atoms with Crippen molar-refractivity contribution < 1.29 is 14.4 Å². The number of hydrogen-bond acceptors (Lipinski definition) is 3. The first kappa shape index (κ1) is 8.70. The van der Waals surface area contributed by atoms with Crippen molar-refractivity contribution in [1.29, 1.82) is 0 Å². The van der Waals surface area contributed by atoms with E-state index in [-0.39, 0.29) is 12.6 Å². The van der Waals surface area contributed by atoms with Gasteiger partial charge < -0.3 is 10.6 Å². The quantitative estimate of drug-likeness (QED) is 0.393. The summed E-state index contributed by atoms with van der Waals surface area (Å²) in [5.74, 6) is -1.21. The molecule has 2 amide bonds. The molecule has 0 aromatic heterocycles. The highest BCUT2D eigenvalue weighted by Crippen LogP contribution is 2.18. The SMILES string of the molecule is O=CNCC(=O)C(=O)NC1CC1. The molecule has 1 fully saturated rings. The van der Waals surface area contributed by atoms with Crippen molar-refractivity contribution in [2.24, 2.45) is 0 Å². The Morgan fingerprint density at radius 2 is 2.08 bits per heavy atom. The topological polar surface area (TPSA) is 75.3 Å². The molecule has 66 valence electrons. The third kappa shape index (κ3) is 2.69. The van der Waals surface area contributed by atoms with E-state index in [0.29, 0.717) is 6.41 Å². The number of amides is 2. The van der Waals surface area contributed by atoms with Crippen molar-refractivity contribution in [3.63, 3.8) is 0 Å². The van der Waals surface area contributed by atoms with Crippen molar-refractivity contribution in [3.05, 3.63) is 0 Å². The van der Waals surface area contributed by atoms with Crippen molar-refractivity contribution >= 4 is 18.1 Å². The van der Waals surface area contributed by atoms with Crippen LogP contribution < -0.4 is 10.6 Å². The number of Topliss-reactive ketones (excluding diaryl/α,β-unsaturated/α-hetero) is 1.